The van der Waals surface area contributed by atoms with E-state index in [1.807, 2.05) is 0 Å². The van der Waals surface area contributed by atoms with Gasteiger partial charge >= 0.3 is 18.3 Å². The highest BCUT2D eigenvalue weighted by atomic mass is 35.5. The summed E-state index contributed by atoms with van der Waals surface area (Å²) in [7, 11) is 0. The topological polar surface area (TPSA) is 72.5 Å². The molecule has 2 aromatic rings. The van der Waals surface area contributed by atoms with Gasteiger partial charge in [-0.3, -0.25) is 4.79 Å². The molecule has 0 aliphatic carbocycles. The maximum Gasteiger partial charge on any atom is 0.416 e. The lowest BCUT2D eigenvalue weighted by Gasteiger charge is -2.30. The van der Waals surface area contributed by atoms with Gasteiger partial charge in [-0.25, -0.2) is 0 Å². The zero-order valence-electron chi connectivity index (χ0n) is 19.5. The van der Waals surface area contributed by atoms with Gasteiger partial charge in [0.25, 0.3) is 0 Å². The number of rotatable bonds is 7. The summed E-state index contributed by atoms with van der Waals surface area (Å²) in [5.74, 6) is -2.30. The number of carbonyl (C=O) groups is 1. The van der Waals surface area contributed by atoms with Gasteiger partial charge in [-0.1, -0.05) is 29.3 Å². The van der Waals surface area contributed by atoms with Crippen molar-refractivity contribution in [1.29, 1.82) is 0 Å². The Labute approximate surface area is 214 Å². The van der Waals surface area contributed by atoms with Gasteiger partial charge in [0.2, 0.25) is 0 Å². The molecule has 0 fully saturated rings. The first-order valence-corrected chi connectivity index (χ1v) is 11.4. The fourth-order valence-electron chi connectivity index (χ4n) is 3.50. The van der Waals surface area contributed by atoms with E-state index in [1.165, 1.54) is 18.2 Å². The van der Waals surface area contributed by atoms with E-state index in [0.717, 1.165) is 0 Å². The van der Waals surface area contributed by atoms with Crippen molar-refractivity contribution in [2.45, 2.75) is 63.7 Å². The van der Waals surface area contributed by atoms with Crippen LogP contribution in [-0.4, -0.2) is 22.8 Å². The number of benzene rings is 2. The Balaban J connectivity index is 2.38. The van der Waals surface area contributed by atoms with E-state index in [0.29, 0.717) is 17.7 Å². The van der Waals surface area contributed by atoms with Gasteiger partial charge in [0.05, 0.1) is 27.3 Å². The van der Waals surface area contributed by atoms with Crippen molar-refractivity contribution in [2.24, 2.45) is 11.7 Å². The molecule has 0 aromatic heterocycles. The number of halogens is 8. The van der Waals surface area contributed by atoms with Crippen LogP contribution in [0.5, 0.6) is 0 Å². The number of ether oxygens (including phenoxy) is 1. The van der Waals surface area contributed by atoms with E-state index in [2.05, 4.69) is 0 Å². The molecule has 0 heterocycles. The molecule has 2 rings (SSSR count). The average Bonchev–Trinajstić information content (AvgIpc) is 2.71. The number of alkyl halides is 6. The largest absolute Gasteiger partial charge is 0.460 e. The van der Waals surface area contributed by atoms with Gasteiger partial charge < -0.3 is 15.6 Å². The van der Waals surface area contributed by atoms with Gasteiger partial charge in [0.15, 0.2) is 0 Å². The Kier molecular flexibility index (Phi) is 9.37. The molecule has 3 N–H and O–H groups in total. The minimum absolute atomic E-state index is 0.0175. The number of aliphatic hydroxyl groups is 1. The Morgan fingerprint density at radius 3 is 1.92 bits per heavy atom. The second-order valence-electron chi connectivity index (χ2n) is 9.28. The summed E-state index contributed by atoms with van der Waals surface area (Å²) in [6.07, 6.45) is -12.4. The highest BCUT2D eigenvalue weighted by molar-refractivity contribution is 6.42. The molecule has 36 heavy (non-hydrogen) atoms. The standard InChI is InChI=1S/C24H25Cl2F6NO3/c1-22(2,3)36-21(35)19(20(33)13-5-6-16(25)17(26)10-13)18(34)7-4-12-8-14(23(27,28)29)11-15(9-12)24(30,31)32/h5-6,8-11,18-20,34H,4,7,33H2,1-3H3. The van der Waals surface area contributed by atoms with E-state index >= 15 is 0 Å². The normalized spacial score (nSPS) is 15.4. The number of aliphatic hydroxyl groups excluding tert-OH is 1. The lowest BCUT2D eigenvalue weighted by molar-refractivity contribution is -0.165. The predicted octanol–water partition coefficient (Wildman–Crippen LogP) is 6.98. The van der Waals surface area contributed by atoms with Gasteiger partial charge in [-0.15, -0.1) is 0 Å². The van der Waals surface area contributed by atoms with Gasteiger partial charge in [0.1, 0.15) is 11.5 Å². The molecule has 200 valence electrons. The summed E-state index contributed by atoms with van der Waals surface area (Å²) in [5, 5.41) is 11.2. The molecule has 0 saturated heterocycles. The molecule has 2 aromatic carbocycles. The van der Waals surface area contributed by atoms with Crippen LogP contribution >= 0.6 is 23.2 Å². The monoisotopic (exact) mass is 559 g/mol. The lowest BCUT2D eigenvalue weighted by atomic mass is 9.86. The highest BCUT2D eigenvalue weighted by Gasteiger charge is 2.39. The Morgan fingerprint density at radius 2 is 1.47 bits per heavy atom. The quantitative estimate of drug-likeness (QED) is 0.283. The Morgan fingerprint density at radius 1 is 0.944 bits per heavy atom. The van der Waals surface area contributed by atoms with Gasteiger partial charge in [-0.05, 0) is 75.1 Å². The van der Waals surface area contributed by atoms with E-state index in [-0.39, 0.29) is 28.1 Å². The second kappa shape index (κ2) is 11.2. The zero-order chi connectivity index (χ0) is 27.6. The Bertz CT molecular complexity index is 1050. The van der Waals surface area contributed by atoms with Crippen LogP contribution in [0.2, 0.25) is 10.0 Å². The molecule has 0 radical (unpaired) electrons. The number of esters is 1. The van der Waals surface area contributed by atoms with Crippen LogP contribution in [0.25, 0.3) is 0 Å². The third kappa shape index (κ3) is 8.26. The predicted molar refractivity (Wildman–Crippen MR) is 123 cm³/mol. The minimum atomic E-state index is -5.01. The van der Waals surface area contributed by atoms with Gasteiger partial charge in [0, 0.05) is 6.04 Å². The van der Waals surface area contributed by atoms with Crippen LogP contribution in [0.1, 0.15) is 55.5 Å². The molecule has 0 aliphatic heterocycles. The van der Waals surface area contributed by atoms with Crippen LogP contribution < -0.4 is 5.73 Å². The molecular formula is C24H25Cl2F6NO3. The van der Waals surface area contributed by atoms with Crippen molar-refractivity contribution < 1.29 is 41.0 Å². The van der Waals surface area contributed by atoms with Crippen molar-refractivity contribution in [3.05, 3.63) is 68.7 Å². The average molecular weight is 560 g/mol. The van der Waals surface area contributed by atoms with E-state index in [9.17, 15) is 36.2 Å². The second-order valence-corrected chi connectivity index (χ2v) is 10.1. The molecule has 0 aliphatic rings. The SMILES string of the molecule is CC(C)(C)OC(=O)C(C(O)CCc1cc(C(F)(F)F)cc(C(F)(F)F)c1)C(N)c1ccc(Cl)c(Cl)c1. The fraction of sp³-hybridized carbons (Fsp3) is 0.458. The van der Waals surface area contributed by atoms with Crippen LogP contribution in [0.4, 0.5) is 26.3 Å². The summed E-state index contributed by atoms with van der Waals surface area (Å²) < 4.78 is 84.4. The molecule has 0 spiro atoms. The van der Waals surface area contributed by atoms with Crippen molar-refractivity contribution in [1.82, 2.24) is 0 Å². The first-order chi connectivity index (χ1) is 16.3. The first-order valence-electron chi connectivity index (χ1n) is 10.7. The van der Waals surface area contributed by atoms with Crippen LogP contribution in [0.3, 0.4) is 0 Å². The summed E-state index contributed by atoms with van der Waals surface area (Å²) in [6, 6.07) is 4.29. The van der Waals surface area contributed by atoms with Crippen molar-refractivity contribution >= 4 is 29.2 Å². The Hall–Kier alpha value is -2.01. The highest BCUT2D eigenvalue weighted by Crippen LogP contribution is 2.37. The van der Waals surface area contributed by atoms with Crippen LogP contribution in [0, 0.1) is 5.92 Å². The number of hydrogen-bond acceptors (Lipinski definition) is 4. The molecule has 3 unspecified atom stereocenters. The van der Waals surface area contributed by atoms with Crippen LogP contribution in [-0.2, 0) is 28.3 Å². The zero-order valence-corrected chi connectivity index (χ0v) is 21.0. The summed E-state index contributed by atoms with van der Waals surface area (Å²) in [5.41, 5.74) is 2.34. The van der Waals surface area contributed by atoms with Crippen LogP contribution in [0.15, 0.2) is 36.4 Å². The first kappa shape index (κ1) is 30.2. The third-order valence-corrected chi connectivity index (χ3v) is 5.92. The maximum absolute atomic E-state index is 13.2. The molecule has 4 nitrogen and oxygen atoms in total. The minimum Gasteiger partial charge on any atom is -0.460 e. The number of carbonyl (C=O) groups excluding carboxylic acids is 1. The molecule has 12 heteroatoms. The van der Waals surface area contributed by atoms with Crippen molar-refractivity contribution in [3.63, 3.8) is 0 Å². The fourth-order valence-corrected chi connectivity index (χ4v) is 3.80. The molecular weight excluding hydrogens is 535 g/mol. The summed E-state index contributed by atoms with van der Waals surface area (Å²) >= 11 is 11.9. The smallest absolute Gasteiger partial charge is 0.416 e. The molecule has 3 atom stereocenters. The summed E-state index contributed by atoms with van der Waals surface area (Å²) in [6.45, 7) is 4.75. The lowest BCUT2D eigenvalue weighted by Crippen LogP contribution is -2.41. The molecule has 0 saturated carbocycles. The van der Waals surface area contributed by atoms with E-state index in [4.69, 9.17) is 33.7 Å². The maximum atomic E-state index is 13.2. The third-order valence-electron chi connectivity index (χ3n) is 5.19. The molecule has 0 bridgehead atoms. The number of nitrogens with two attached hydrogens (primary N) is 1. The van der Waals surface area contributed by atoms with Crippen molar-refractivity contribution in [3.8, 4) is 0 Å². The number of aryl methyl sites for hydroxylation is 1. The van der Waals surface area contributed by atoms with E-state index in [1.54, 1.807) is 20.8 Å². The van der Waals surface area contributed by atoms with Gasteiger partial charge in [-0.2, -0.15) is 26.3 Å². The number of hydrogen-bond donors (Lipinski definition) is 2. The van der Waals surface area contributed by atoms with E-state index < -0.39 is 59.5 Å². The molecule has 0 amide bonds. The van der Waals surface area contributed by atoms with Crippen molar-refractivity contribution in [2.75, 3.05) is 0 Å². The summed E-state index contributed by atoms with van der Waals surface area (Å²) in [4.78, 5) is 12.9.